The summed E-state index contributed by atoms with van der Waals surface area (Å²) in [5.41, 5.74) is 4.94. The fourth-order valence-corrected chi connectivity index (χ4v) is 4.06. The van der Waals surface area contributed by atoms with Gasteiger partial charge in [-0.3, -0.25) is 4.79 Å². The van der Waals surface area contributed by atoms with Crippen LogP contribution in [0.15, 0.2) is 66.9 Å². The molecule has 0 bridgehead atoms. The van der Waals surface area contributed by atoms with E-state index in [9.17, 15) is 9.59 Å². The third kappa shape index (κ3) is 7.99. The Labute approximate surface area is 214 Å². The summed E-state index contributed by atoms with van der Waals surface area (Å²) in [6.45, 7) is 8.43. The van der Waals surface area contributed by atoms with Crippen LogP contribution < -0.4 is 5.32 Å². The van der Waals surface area contributed by atoms with Crippen LogP contribution >= 0.6 is 0 Å². The summed E-state index contributed by atoms with van der Waals surface area (Å²) in [4.78, 5) is 30.3. The Kier molecular flexibility index (Phi) is 10.1. The number of amides is 3. The van der Waals surface area contributed by atoms with Crippen LogP contribution in [0, 0.1) is 13.8 Å². The Balaban J connectivity index is 1.77. The number of rotatable bonds is 12. The van der Waals surface area contributed by atoms with Crippen molar-refractivity contribution in [2.75, 3.05) is 31.6 Å². The molecule has 192 valence electrons. The molecule has 0 atom stereocenters. The third-order valence-electron chi connectivity index (χ3n) is 6.13. The number of nitrogens with zero attached hydrogens (tertiary/aromatic N) is 3. The van der Waals surface area contributed by atoms with Crippen molar-refractivity contribution in [2.45, 2.75) is 40.3 Å². The molecule has 7 nitrogen and oxygen atoms in total. The number of aromatic nitrogens is 1. The molecule has 1 N–H and O–H groups in total. The molecule has 0 aliphatic carbocycles. The third-order valence-corrected chi connectivity index (χ3v) is 6.13. The van der Waals surface area contributed by atoms with E-state index in [1.54, 1.807) is 4.90 Å². The zero-order valence-electron chi connectivity index (χ0n) is 21.9. The molecule has 0 saturated heterocycles. The molecule has 36 heavy (non-hydrogen) atoms. The van der Waals surface area contributed by atoms with Gasteiger partial charge in [-0.25, -0.2) is 4.79 Å². The van der Waals surface area contributed by atoms with E-state index in [1.807, 2.05) is 104 Å². The monoisotopic (exact) mass is 490 g/mol. The molecule has 3 aromatic rings. The standard InChI is InChI=1S/C29H38N4O3/c1-5-36-18-10-17-32(29(35)30-27-15-14-23(2)19-24(27)3)22-28(34)33(20-25-11-7-6-8-12-25)21-26-13-9-16-31(26)4/h6-9,11-16,19H,5,10,17-18,20-22H2,1-4H3,(H,30,35). The number of ether oxygens (including phenoxy) is 1. The molecule has 3 rings (SSSR count). The number of aryl methyl sites for hydroxylation is 3. The number of hydrogen-bond acceptors (Lipinski definition) is 3. The first-order chi connectivity index (χ1) is 17.4. The lowest BCUT2D eigenvalue weighted by atomic mass is 10.1. The second-order valence-corrected chi connectivity index (χ2v) is 9.07. The highest BCUT2D eigenvalue weighted by atomic mass is 16.5. The summed E-state index contributed by atoms with van der Waals surface area (Å²) >= 11 is 0. The van der Waals surface area contributed by atoms with Crippen molar-refractivity contribution in [1.29, 1.82) is 0 Å². The van der Waals surface area contributed by atoms with Gasteiger partial charge in [-0.2, -0.15) is 0 Å². The summed E-state index contributed by atoms with van der Waals surface area (Å²) in [5.74, 6) is -0.104. The van der Waals surface area contributed by atoms with E-state index in [0.717, 1.165) is 28.1 Å². The average Bonchev–Trinajstić information content (AvgIpc) is 3.27. The van der Waals surface area contributed by atoms with Crippen LogP contribution in [0.25, 0.3) is 0 Å². The summed E-state index contributed by atoms with van der Waals surface area (Å²) in [6.07, 6.45) is 2.62. The molecule has 1 heterocycles. The summed E-state index contributed by atoms with van der Waals surface area (Å²) in [6, 6.07) is 19.5. The molecule has 0 unspecified atom stereocenters. The van der Waals surface area contributed by atoms with Crippen molar-refractivity contribution in [3.05, 3.63) is 89.2 Å². The van der Waals surface area contributed by atoms with E-state index in [2.05, 4.69) is 5.32 Å². The number of benzene rings is 2. The van der Waals surface area contributed by atoms with E-state index in [4.69, 9.17) is 4.74 Å². The number of urea groups is 1. The Morgan fingerprint density at radius 3 is 2.42 bits per heavy atom. The van der Waals surface area contributed by atoms with Gasteiger partial charge in [0.1, 0.15) is 6.54 Å². The van der Waals surface area contributed by atoms with Crippen LogP contribution in [-0.4, -0.2) is 52.6 Å². The molecule has 0 spiro atoms. The predicted molar refractivity (Wildman–Crippen MR) is 144 cm³/mol. The highest BCUT2D eigenvalue weighted by molar-refractivity contribution is 5.93. The molecular weight excluding hydrogens is 452 g/mol. The smallest absolute Gasteiger partial charge is 0.322 e. The normalized spacial score (nSPS) is 10.8. The maximum Gasteiger partial charge on any atom is 0.322 e. The van der Waals surface area contributed by atoms with Crippen molar-refractivity contribution in [2.24, 2.45) is 7.05 Å². The number of carbonyl (C=O) groups is 2. The fraction of sp³-hybridized carbons (Fsp3) is 0.379. The molecule has 0 fully saturated rings. The van der Waals surface area contributed by atoms with Gasteiger partial charge in [0.25, 0.3) is 0 Å². The van der Waals surface area contributed by atoms with Crippen LogP contribution in [0.3, 0.4) is 0 Å². The Morgan fingerprint density at radius 1 is 0.972 bits per heavy atom. The second-order valence-electron chi connectivity index (χ2n) is 9.07. The molecule has 1 aromatic heterocycles. The number of anilines is 1. The van der Waals surface area contributed by atoms with Crippen LogP contribution in [0.2, 0.25) is 0 Å². The molecule has 0 aliphatic rings. The van der Waals surface area contributed by atoms with E-state index >= 15 is 0 Å². The van der Waals surface area contributed by atoms with Gasteiger partial charge in [0.15, 0.2) is 0 Å². The van der Waals surface area contributed by atoms with Crippen LogP contribution in [0.4, 0.5) is 10.5 Å². The molecule has 0 radical (unpaired) electrons. The molecule has 3 amide bonds. The lowest BCUT2D eigenvalue weighted by Gasteiger charge is -2.28. The Morgan fingerprint density at radius 2 is 1.75 bits per heavy atom. The SMILES string of the molecule is CCOCCCN(CC(=O)N(Cc1ccccc1)Cc1cccn1C)C(=O)Nc1ccc(C)cc1C. The van der Waals surface area contributed by atoms with Gasteiger partial charge in [-0.15, -0.1) is 0 Å². The summed E-state index contributed by atoms with van der Waals surface area (Å²) < 4.78 is 7.48. The lowest BCUT2D eigenvalue weighted by Crippen LogP contribution is -2.45. The van der Waals surface area contributed by atoms with E-state index < -0.39 is 0 Å². The van der Waals surface area contributed by atoms with Crippen molar-refractivity contribution < 1.29 is 14.3 Å². The van der Waals surface area contributed by atoms with Gasteiger partial charge < -0.3 is 24.4 Å². The highest BCUT2D eigenvalue weighted by Gasteiger charge is 2.23. The van der Waals surface area contributed by atoms with Gasteiger partial charge >= 0.3 is 6.03 Å². The van der Waals surface area contributed by atoms with Gasteiger partial charge in [-0.1, -0.05) is 48.0 Å². The molecular formula is C29H38N4O3. The minimum atomic E-state index is -0.287. The van der Waals surface area contributed by atoms with E-state index in [0.29, 0.717) is 39.3 Å². The zero-order chi connectivity index (χ0) is 25.9. The summed E-state index contributed by atoms with van der Waals surface area (Å²) in [5, 5.41) is 3.00. The van der Waals surface area contributed by atoms with Crippen molar-refractivity contribution in [3.63, 3.8) is 0 Å². The highest BCUT2D eigenvalue weighted by Crippen LogP contribution is 2.17. The molecule has 2 aromatic carbocycles. The minimum Gasteiger partial charge on any atom is -0.382 e. The Hall–Kier alpha value is -3.58. The van der Waals surface area contributed by atoms with Crippen molar-refractivity contribution in [3.8, 4) is 0 Å². The zero-order valence-corrected chi connectivity index (χ0v) is 21.9. The van der Waals surface area contributed by atoms with E-state index in [1.165, 1.54) is 0 Å². The Bertz CT molecular complexity index is 1130. The average molecular weight is 491 g/mol. The maximum absolute atomic E-state index is 13.6. The lowest BCUT2D eigenvalue weighted by molar-refractivity contribution is -0.133. The van der Waals surface area contributed by atoms with Crippen molar-refractivity contribution in [1.82, 2.24) is 14.4 Å². The van der Waals surface area contributed by atoms with Crippen LogP contribution in [-0.2, 0) is 29.7 Å². The van der Waals surface area contributed by atoms with Gasteiger partial charge in [-0.05, 0) is 56.5 Å². The first-order valence-electron chi connectivity index (χ1n) is 12.5. The topological polar surface area (TPSA) is 66.8 Å². The fourth-order valence-electron chi connectivity index (χ4n) is 4.06. The predicted octanol–water partition coefficient (Wildman–Crippen LogP) is 5.13. The van der Waals surface area contributed by atoms with Crippen LogP contribution in [0.1, 0.15) is 35.7 Å². The quantitative estimate of drug-likeness (QED) is 0.358. The maximum atomic E-state index is 13.6. The molecule has 0 saturated carbocycles. The van der Waals surface area contributed by atoms with Gasteiger partial charge in [0.2, 0.25) is 5.91 Å². The molecule has 0 aliphatic heterocycles. The number of carbonyl (C=O) groups excluding carboxylic acids is 2. The second kappa shape index (κ2) is 13.5. The van der Waals surface area contributed by atoms with Crippen molar-refractivity contribution >= 4 is 17.6 Å². The van der Waals surface area contributed by atoms with E-state index in [-0.39, 0.29) is 18.5 Å². The number of hydrogen-bond donors (Lipinski definition) is 1. The molecule has 7 heteroatoms. The minimum absolute atomic E-state index is 0.0138. The van der Waals surface area contributed by atoms with Crippen LogP contribution in [0.5, 0.6) is 0 Å². The largest absolute Gasteiger partial charge is 0.382 e. The number of nitrogens with one attached hydrogen (secondary N) is 1. The first kappa shape index (κ1) is 27.0. The van der Waals surface area contributed by atoms with Gasteiger partial charge in [0.05, 0.1) is 6.54 Å². The summed E-state index contributed by atoms with van der Waals surface area (Å²) in [7, 11) is 1.97. The first-order valence-corrected chi connectivity index (χ1v) is 12.5. The van der Waals surface area contributed by atoms with Gasteiger partial charge in [0, 0.05) is 50.9 Å².